The summed E-state index contributed by atoms with van der Waals surface area (Å²) >= 11 is 0. The molecule has 4 heterocycles. The molecule has 158 valence electrons. The van der Waals surface area contributed by atoms with Gasteiger partial charge in [0, 0.05) is 23.5 Å². The maximum absolute atomic E-state index is 5.77. The van der Waals surface area contributed by atoms with Gasteiger partial charge in [-0.2, -0.15) is 5.10 Å². The van der Waals surface area contributed by atoms with Crippen molar-refractivity contribution in [3.63, 3.8) is 0 Å². The van der Waals surface area contributed by atoms with Gasteiger partial charge in [0.25, 0.3) is 0 Å². The molecular formula is C24H26N6O. The predicted octanol–water partition coefficient (Wildman–Crippen LogP) is 3.93. The zero-order valence-corrected chi connectivity index (χ0v) is 17.7. The third-order valence-electron chi connectivity index (χ3n) is 5.63. The molecule has 7 heteroatoms. The monoisotopic (exact) mass is 414 g/mol. The van der Waals surface area contributed by atoms with Crippen LogP contribution in [-0.2, 0) is 13.0 Å². The van der Waals surface area contributed by atoms with Crippen LogP contribution in [0.2, 0.25) is 0 Å². The molecule has 0 amide bonds. The fraction of sp³-hybridized carbons (Fsp3) is 0.333. The molecule has 5 rings (SSSR count). The highest BCUT2D eigenvalue weighted by atomic mass is 16.5. The molecule has 1 aromatic carbocycles. The van der Waals surface area contributed by atoms with Crippen LogP contribution in [0, 0.1) is 6.92 Å². The van der Waals surface area contributed by atoms with E-state index >= 15 is 0 Å². The summed E-state index contributed by atoms with van der Waals surface area (Å²) in [6.07, 6.45) is 5.66. The smallest absolute Gasteiger partial charge is 0.232 e. The van der Waals surface area contributed by atoms with Crippen LogP contribution in [0.15, 0.2) is 42.6 Å². The molecule has 3 aromatic heterocycles. The fourth-order valence-electron chi connectivity index (χ4n) is 4.13. The van der Waals surface area contributed by atoms with Crippen LogP contribution in [0.3, 0.4) is 0 Å². The number of ether oxygens (including phenoxy) is 1. The highest BCUT2D eigenvalue weighted by Crippen LogP contribution is 2.37. The van der Waals surface area contributed by atoms with E-state index in [2.05, 4.69) is 21.8 Å². The van der Waals surface area contributed by atoms with Gasteiger partial charge in [-0.25, -0.2) is 9.97 Å². The first kappa shape index (κ1) is 19.6. The Morgan fingerprint density at radius 2 is 2.03 bits per heavy atom. The van der Waals surface area contributed by atoms with E-state index in [0.717, 1.165) is 71.5 Å². The zero-order chi connectivity index (χ0) is 21.2. The third kappa shape index (κ3) is 3.88. The number of nitrogens with zero attached hydrogens (tertiary/aromatic N) is 5. The molecule has 2 N–H and O–H groups in total. The van der Waals surface area contributed by atoms with Crippen LogP contribution < -0.4 is 10.5 Å². The lowest BCUT2D eigenvalue weighted by atomic mass is 9.99. The Hall–Kier alpha value is -3.32. The molecule has 0 aliphatic carbocycles. The molecule has 0 bridgehead atoms. The number of hydrogen-bond acceptors (Lipinski definition) is 6. The van der Waals surface area contributed by atoms with E-state index < -0.39 is 0 Å². The second-order valence-corrected chi connectivity index (χ2v) is 7.92. The molecule has 31 heavy (non-hydrogen) atoms. The summed E-state index contributed by atoms with van der Waals surface area (Å²) in [4.78, 5) is 14.0. The summed E-state index contributed by atoms with van der Waals surface area (Å²) in [6, 6.07) is 12.3. The van der Waals surface area contributed by atoms with E-state index in [1.54, 1.807) is 6.20 Å². The number of fused-ring (bicyclic) bond motifs is 2. The quantitative estimate of drug-likeness (QED) is 0.461. The number of hydrogen-bond donors (Lipinski definition) is 1. The topological polar surface area (TPSA) is 91.7 Å². The van der Waals surface area contributed by atoms with Crippen LogP contribution in [0.5, 0.6) is 5.88 Å². The first-order chi connectivity index (χ1) is 15.2. The van der Waals surface area contributed by atoms with E-state index in [9.17, 15) is 0 Å². The van der Waals surface area contributed by atoms with Crippen molar-refractivity contribution < 1.29 is 4.74 Å². The lowest BCUT2D eigenvalue weighted by molar-refractivity contribution is 0.296. The fourth-order valence-corrected chi connectivity index (χ4v) is 4.13. The number of aryl methyl sites for hydroxylation is 2. The van der Waals surface area contributed by atoms with Crippen LogP contribution in [-0.4, -0.2) is 37.9 Å². The number of unbranched alkanes of at least 4 members (excludes halogenated alkanes) is 1. The number of pyridine rings is 1. The van der Waals surface area contributed by atoms with Crippen LogP contribution in [0.4, 0.5) is 0 Å². The molecule has 0 atom stereocenters. The van der Waals surface area contributed by atoms with Crippen molar-refractivity contribution in [3.8, 4) is 28.4 Å². The highest BCUT2D eigenvalue weighted by Gasteiger charge is 2.24. The van der Waals surface area contributed by atoms with E-state index in [-0.39, 0.29) is 0 Å². The summed E-state index contributed by atoms with van der Waals surface area (Å²) in [6.45, 7) is 4.22. The van der Waals surface area contributed by atoms with Crippen molar-refractivity contribution in [2.75, 3.05) is 13.2 Å². The zero-order valence-electron chi connectivity index (χ0n) is 17.7. The largest absolute Gasteiger partial charge is 0.477 e. The first-order valence-corrected chi connectivity index (χ1v) is 10.9. The molecule has 0 unspecified atom stereocenters. The maximum Gasteiger partial charge on any atom is 0.232 e. The van der Waals surface area contributed by atoms with Gasteiger partial charge in [-0.3, -0.25) is 9.67 Å². The lowest BCUT2D eigenvalue weighted by Crippen LogP contribution is -2.04. The molecule has 0 saturated heterocycles. The van der Waals surface area contributed by atoms with Gasteiger partial charge in [0.05, 0.1) is 29.5 Å². The lowest BCUT2D eigenvalue weighted by Gasteiger charge is -2.08. The van der Waals surface area contributed by atoms with Crippen molar-refractivity contribution in [1.29, 1.82) is 0 Å². The summed E-state index contributed by atoms with van der Waals surface area (Å²) < 4.78 is 7.90. The van der Waals surface area contributed by atoms with E-state index in [1.165, 1.54) is 5.69 Å². The minimum absolute atomic E-state index is 0.544. The van der Waals surface area contributed by atoms with Gasteiger partial charge >= 0.3 is 0 Å². The Labute approximate surface area is 181 Å². The molecule has 1 aliphatic rings. The van der Waals surface area contributed by atoms with Crippen LogP contribution in [0.25, 0.3) is 33.5 Å². The second-order valence-electron chi connectivity index (χ2n) is 7.92. The average Bonchev–Trinajstić information content (AvgIpc) is 3.37. The number of nitrogens with two attached hydrogens (primary N) is 1. The van der Waals surface area contributed by atoms with Crippen molar-refractivity contribution in [2.45, 2.75) is 39.2 Å². The Balaban J connectivity index is 1.56. The third-order valence-corrected chi connectivity index (χ3v) is 5.63. The molecule has 0 radical (unpaired) electrons. The summed E-state index contributed by atoms with van der Waals surface area (Å²) in [5.74, 6) is 0.544. The van der Waals surface area contributed by atoms with Gasteiger partial charge in [-0.1, -0.05) is 12.1 Å². The molecular weight excluding hydrogens is 388 g/mol. The summed E-state index contributed by atoms with van der Waals surface area (Å²) in [7, 11) is 0. The minimum Gasteiger partial charge on any atom is -0.477 e. The van der Waals surface area contributed by atoms with Gasteiger partial charge in [0.15, 0.2) is 0 Å². The molecule has 0 saturated carbocycles. The number of benzene rings is 1. The SMILES string of the molecule is Cc1cccc(-c2nn3c(c2-c2ccc4ncc(OCCCCN)nc4c2)CCC3)n1. The van der Waals surface area contributed by atoms with Gasteiger partial charge in [0.2, 0.25) is 5.88 Å². The maximum atomic E-state index is 5.77. The number of aromatic nitrogens is 5. The average molecular weight is 415 g/mol. The Bertz CT molecular complexity index is 1230. The van der Waals surface area contributed by atoms with Crippen molar-refractivity contribution in [1.82, 2.24) is 24.7 Å². The van der Waals surface area contributed by atoms with Gasteiger partial charge in [0.1, 0.15) is 5.69 Å². The van der Waals surface area contributed by atoms with E-state index in [0.29, 0.717) is 19.0 Å². The van der Waals surface area contributed by atoms with Gasteiger partial charge in [-0.15, -0.1) is 0 Å². The van der Waals surface area contributed by atoms with Crippen LogP contribution in [0.1, 0.15) is 30.7 Å². The van der Waals surface area contributed by atoms with Crippen LogP contribution >= 0.6 is 0 Å². The van der Waals surface area contributed by atoms with Gasteiger partial charge in [-0.05, 0) is 69.0 Å². The highest BCUT2D eigenvalue weighted by molar-refractivity contribution is 5.87. The Morgan fingerprint density at radius 1 is 1.10 bits per heavy atom. The summed E-state index contributed by atoms with van der Waals surface area (Å²) in [5.41, 5.74) is 13.5. The van der Waals surface area contributed by atoms with Crippen molar-refractivity contribution in [2.24, 2.45) is 5.73 Å². The predicted molar refractivity (Wildman–Crippen MR) is 121 cm³/mol. The van der Waals surface area contributed by atoms with E-state index in [1.807, 2.05) is 31.2 Å². The normalized spacial score (nSPS) is 13.0. The van der Waals surface area contributed by atoms with E-state index in [4.69, 9.17) is 25.5 Å². The second kappa shape index (κ2) is 8.43. The van der Waals surface area contributed by atoms with Crippen molar-refractivity contribution in [3.05, 3.63) is 54.0 Å². The standard InChI is InChI=1S/C24H26N6O/c1-16-6-4-7-19(27-16)24-23(21-8-5-12-30(21)29-24)17-9-10-18-20(14-17)28-22(15-26-18)31-13-3-2-11-25/h4,6-7,9-10,14-15H,2-3,5,8,11-13,25H2,1H3. The first-order valence-electron chi connectivity index (χ1n) is 10.9. The summed E-state index contributed by atoms with van der Waals surface area (Å²) in [5, 5.41) is 4.92. The molecule has 1 aliphatic heterocycles. The number of rotatable bonds is 7. The molecule has 0 fully saturated rings. The molecule has 4 aromatic rings. The van der Waals surface area contributed by atoms with Crippen molar-refractivity contribution >= 4 is 11.0 Å². The minimum atomic E-state index is 0.544. The van der Waals surface area contributed by atoms with Gasteiger partial charge < -0.3 is 10.5 Å². The Kier molecular flexibility index (Phi) is 5.34. The molecule has 7 nitrogen and oxygen atoms in total. The Morgan fingerprint density at radius 3 is 2.90 bits per heavy atom. The molecule has 0 spiro atoms.